The Morgan fingerprint density at radius 3 is 0.611 bits per heavy atom. The predicted molar refractivity (Wildman–Crippen MR) is 168 cm³/mol. The second-order valence-corrected chi connectivity index (χ2v) is 12.6. The summed E-state index contributed by atoms with van der Waals surface area (Å²) in [5.74, 6) is 0.967. The molecule has 0 rings (SSSR count). The van der Waals surface area contributed by atoms with Gasteiger partial charge in [-0.15, -0.1) is 0 Å². The van der Waals surface area contributed by atoms with Gasteiger partial charge in [-0.05, 0) is 5.92 Å². The van der Waals surface area contributed by atoms with Crippen molar-refractivity contribution in [1.82, 2.24) is 0 Å². The molecule has 0 nitrogen and oxygen atoms in total. The fraction of sp³-hybridized carbons (Fsp3) is 1.00. The van der Waals surface area contributed by atoms with Crippen LogP contribution in [0.15, 0.2) is 0 Å². The fourth-order valence-electron chi connectivity index (χ4n) is 5.87. The quantitative estimate of drug-likeness (QED) is 0.0795. The van der Waals surface area contributed by atoms with Crippen molar-refractivity contribution in [2.24, 2.45) is 5.92 Å². The Balaban J connectivity index is 3.12. The molecule has 0 aliphatic rings. The van der Waals surface area contributed by atoms with E-state index in [4.69, 9.17) is 0 Å². The largest absolute Gasteiger partial charge is 0.0654 e. The lowest BCUT2D eigenvalue weighted by Crippen LogP contribution is -1.95. The normalized spacial score (nSPS) is 12.4. The van der Waals surface area contributed by atoms with Crippen molar-refractivity contribution < 1.29 is 0 Å². The SMILES string of the molecule is CCCCCCCCCCCCCCCCCCCCC(C)CCCCCCCCCCCCCC. The summed E-state index contributed by atoms with van der Waals surface area (Å²) in [4.78, 5) is 0. The highest BCUT2D eigenvalue weighted by atomic mass is 14.1. The third-order valence-corrected chi connectivity index (χ3v) is 8.60. The summed E-state index contributed by atoms with van der Waals surface area (Å²) < 4.78 is 0. The third-order valence-electron chi connectivity index (χ3n) is 8.60. The van der Waals surface area contributed by atoms with Crippen LogP contribution in [0.4, 0.5) is 0 Å². The first-order valence-electron chi connectivity index (χ1n) is 17.8. The van der Waals surface area contributed by atoms with E-state index < -0.39 is 0 Å². The zero-order valence-electron chi connectivity index (χ0n) is 26.2. The van der Waals surface area contributed by atoms with E-state index in [1.807, 2.05) is 0 Å². The lowest BCUT2D eigenvalue weighted by atomic mass is 9.95. The molecule has 1 atom stereocenters. The molecule has 0 aromatic heterocycles. The van der Waals surface area contributed by atoms with E-state index in [2.05, 4.69) is 20.8 Å². The summed E-state index contributed by atoms with van der Waals surface area (Å²) in [7, 11) is 0. The molecule has 0 aromatic carbocycles. The van der Waals surface area contributed by atoms with E-state index in [1.54, 1.807) is 0 Å². The maximum absolute atomic E-state index is 2.51. The van der Waals surface area contributed by atoms with Gasteiger partial charge in [-0.25, -0.2) is 0 Å². The average Bonchev–Trinajstić information content (AvgIpc) is 2.88. The Hall–Kier alpha value is 0. The second kappa shape index (κ2) is 33.0. The summed E-state index contributed by atoms with van der Waals surface area (Å²) in [5, 5.41) is 0. The van der Waals surface area contributed by atoms with Crippen LogP contribution in [0.5, 0.6) is 0 Å². The van der Waals surface area contributed by atoms with Crippen LogP contribution in [0.1, 0.15) is 226 Å². The van der Waals surface area contributed by atoms with Crippen molar-refractivity contribution in [3.8, 4) is 0 Å². The molecule has 0 aromatic rings. The molecule has 218 valence electrons. The molecule has 1 unspecified atom stereocenters. The van der Waals surface area contributed by atoms with Gasteiger partial charge < -0.3 is 0 Å². The molecule has 0 aliphatic carbocycles. The van der Waals surface area contributed by atoms with Gasteiger partial charge in [0.15, 0.2) is 0 Å². The Morgan fingerprint density at radius 2 is 0.417 bits per heavy atom. The monoisotopic (exact) mass is 507 g/mol. The summed E-state index contributed by atoms with van der Waals surface area (Å²) >= 11 is 0. The smallest absolute Gasteiger partial charge is 0.0443 e. The standard InChI is InChI=1S/C36H74/c1-4-6-8-10-12-14-16-18-19-20-21-22-23-25-27-29-31-33-35-36(3)34-32-30-28-26-24-17-15-13-11-9-7-5-2/h36H,4-35H2,1-3H3. The van der Waals surface area contributed by atoms with Crippen molar-refractivity contribution in [1.29, 1.82) is 0 Å². The number of hydrogen-bond acceptors (Lipinski definition) is 0. The summed E-state index contributed by atoms with van der Waals surface area (Å²) in [6, 6.07) is 0. The van der Waals surface area contributed by atoms with Gasteiger partial charge in [0.25, 0.3) is 0 Å². The van der Waals surface area contributed by atoms with Gasteiger partial charge in [-0.1, -0.05) is 226 Å². The molecule has 0 spiro atoms. The maximum atomic E-state index is 2.51. The third kappa shape index (κ3) is 32.0. The van der Waals surface area contributed by atoms with Gasteiger partial charge in [0, 0.05) is 0 Å². The van der Waals surface area contributed by atoms with Gasteiger partial charge in [0.05, 0.1) is 0 Å². The molecule has 0 amide bonds. The average molecular weight is 507 g/mol. The van der Waals surface area contributed by atoms with Crippen LogP contribution in [0, 0.1) is 5.92 Å². The van der Waals surface area contributed by atoms with Crippen LogP contribution < -0.4 is 0 Å². The molecular weight excluding hydrogens is 432 g/mol. The zero-order chi connectivity index (χ0) is 26.2. The minimum absolute atomic E-state index is 0.967. The summed E-state index contributed by atoms with van der Waals surface area (Å²) in [6.07, 6.45) is 47.2. The minimum Gasteiger partial charge on any atom is -0.0654 e. The van der Waals surface area contributed by atoms with E-state index in [1.165, 1.54) is 205 Å². The van der Waals surface area contributed by atoms with E-state index in [0.29, 0.717) is 0 Å². The van der Waals surface area contributed by atoms with Crippen LogP contribution in [0.3, 0.4) is 0 Å². The first-order chi connectivity index (χ1) is 17.8. The first kappa shape index (κ1) is 36.0. The molecule has 0 bridgehead atoms. The number of rotatable bonds is 32. The van der Waals surface area contributed by atoms with Gasteiger partial charge >= 0.3 is 0 Å². The molecule has 36 heavy (non-hydrogen) atoms. The molecule has 0 heterocycles. The highest BCUT2D eigenvalue weighted by Gasteiger charge is 2.02. The molecular formula is C36H74. The lowest BCUT2D eigenvalue weighted by molar-refractivity contribution is 0.429. The zero-order valence-corrected chi connectivity index (χ0v) is 26.2. The van der Waals surface area contributed by atoms with Crippen molar-refractivity contribution in [3.05, 3.63) is 0 Å². The molecule has 0 saturated heterocycles. The van der Waals surface area contributed by atoms with Crippen molar-refractivity contribution >= 4 is 0 Å². The van der Waals surface area contributed by atoms with Gasteiger partial charge in [-0.3, -0.25) is 0 Å². The van der Waals surface area contributed by atoms with Gasteiger partial charge in [-0.2, -0.15) is 0 Å². The van der Waals surface area contributed by atoms with Crippen LogP contribution in [0.2, 0.25) is 0 Å². The Kier molecular flexibility index (Phi) is 33.0. The van der Waals surface area contributed by atoms with Crippen LogP contribution in [-0.2, 0) is 0 Å². The van der Waals surface area contributed by atoms with Crippen LogP contribution in [-0.4, -0.2) is 0 Å². The minimum atomic E-state index is 0.967. The number of unbranched alkanes of at least 4 members (excludes halogenated alkanes) is 28. The highest BCUT2D eigenvalue weighted by molar-refractivity contribution is 4.56. The van der Waals surface area contributed by atoms with Crippen molar-refractivity contribution in [3.63, 3.8) is 0 Å². The van der Waals surface area contributed by atoms with E-state index in [0.717, 1.165) is 5.92 Å². The lowest BCUT2D eigenvalue weighted by Gasteiger charge is -2.11. The van der Waals surface area contributed by atoms with Crippen molar-refractivity contribution in [2.45, 2.75) is 226 Å². The molecule has 0 fully saturated rings. The Morgan fingerprint density at radius 1 is 0.250 bits per heavy atom. The van der Waals surface area contributed by atoms with E-state index in [9.17, 15) is 0 Å². The van der Waals surface area contributed by atoms with E-state index >= 15 is 0 Å². The van der Waals surface area contributed by atoms with Crippen LogP contribution in [0.25, 0.3) is 0 Å². The van der Waals surface area contributed by atoms with Gasteiger partial charge in [0.1, 0.15) is 0 Å². The molecule has 0 N–H and O–H groups in total. The second-order valence-electron chi connectivity index (χ2n) is 12.6. The maximum Gasteiger partial charge on any atom is -0.0443 e. The predicted octanol–water partition coefficient (Wildman–Crippen LogP) is 14.1. The highest BCUT2D eigenvalue weighted by Crippen LogP contribution is 2.19. The molecule has 0 saturated carbocycles. The van der Waals surface area contributed by atoms with Crippen LogP contribution >= 0.6 is 0 Å². The van der Waals surface area contributed by atoms with Crippen molar-refractivity contribution in [2.75, 3.05) is 0 Å². The summed E-state index contributed by atoms with van der Waals surface area (Å²) in [6.45, 7) is 7.12. The molecule has 0 aliphatic heterocycles. The van der Waals surface area contributed by atoms with E-state index in [-0.39, 0.29) is 0 Å². The molecule has 0 heteroatoms. The fourth-order valence-corrected chi connectivity index (χ4v) is 5.87. The first-order valence-corrected chi connectivity index (χ1v) is 17.8. The summed E-state index contributed by atoms with van der Waals surface area (Å²) in [5.41, 5.74) is 0. The molecule has 0 radical (unpaired) electrons. The Bertz CT molecular complexity index is 359. The topological polar surface area (TPSA) is 0 Å². The Labute approximate surface area is 232 Å². The number of hydrogen-bond donors (Lipinski definition) is 0. The van der Waals surface area contributed by atoms with Gasteiger partial charge in [0.2, 0.25) is 0 Å².